The first-order valence-corrected chi connectivity index (χ1v) is 3.32. The first kappa shape index (κ1) is 14.0. The second kappa shape index (κ2) is 3.86. The highest BCUT2D eigenvalue weighted by Crippen LogP contribution is 2.51. The maximum atomic E-state index is 12.0. The van der Waals surface area contributed by atoms with Crippen LogP contribution >= 0.6 is 0 Å². The molecule has 0 bridgehead atoms. The number of hydrogen-bond donors (Lipinski definition) is 0. The Morgan fingerprint density at radius 1 is 1.07 bits per heavy atom. The molecule has 0 aromatic rings. The molecule has 0 saturated carbocycles. The number of ether oxygens (including phenoxy) is 1. The number of carbonyl (C=O) groups is 1. The number of hydrogen-bond acceptors (Lipinski definition) is 2. The van der Waals surface area contributed by atoms with E-state index in [2.05, 4.69) is 4.74 Å². The Morgan fingerprint density at radius 3 is 1.47 bits per heavy atom. The first-order valence-electron chi connectivity index (χ1n) is 3.32. The van der Waals surface area contributed by atoms with Crippen molar-refractivity contribution in [3.63, 3.8) is 0 Å². The molecule has 0 amide bonds. The largest absolute Gasteiger partial charge is 0.468 e. The minimum absolute atomic E-state index is 0.310. The summed E-state index contributed by atoms with van der Waals surface area (Å²) in [4.78, 5) is 10.5. The SMILES string of the molecule is COC(=O)C(CF)(C(F)(F)F)C(F)(F)F. The normalized spacial score (nSPS) is 13.9. The zero-order valence-electron chi connectivity index (χ0n) is 7.17. The molecule has 0 aromatic heterocycles. The van der Waals surface area contributed by atoms with Crippen molar-refractivity contribution in [1.29, 1.82) is 0 Å². The maximum Gasteiger partial charge on any atom is 0.416 e. The van der Waals surface area contributed by atoms with Crippen molar-refractivity contribution in [2.75, 3.05) is 13.8 Å². The smallest absolute Gasteiger partial charge is 0.416 e. The van der Waals surface area contributed by atoms with Gasteiger partial charge in [0.05, 0.1) is 7.11 Å². The van der Waals surface area contributed by atoms with Gasteiger partial charge in [0, 0.05) is 0 Å². The van der Waals surface area contributed by atoms with Crippen LogP contribution in [0.1, 0.15) is 0 Å². The second-order valence-electron chi connectivity index (χ2n) is 2.53. The van der Waals surface area contributed by atoms with E-state index >= 15 is 0 Å². The molecule has 0 fully saturated rings. The van der Waals surface area contributed by atoms with E-state index in [1.165, 1.54) is 0 Å². The molecule has 15 heavy (non-hydrogen) atoms. The van der Waals surface area contributed by atoms with Crippen LogP contribution in [-0.4, -0.2) is 32.1 Å². The monoisotopic (exact) mass is 242 g/mol. The van der Waals surface area contributed by atoms with Gasteiger partial charge in [0.1, 0.15) is 6.67 Å². The van der Waals surface area contributed by atoms with Crippen molar-refractivity contribution < 1.29 is 40.3 Å². The van der Waals surface area contributed by atoms with Crippen LogP contribution in [0.4, 0.5) is 30.7 Å². The number of carbonyl (C=O) groups excluding carboxylic acids is 1. The van der Waals surface area contributed by atoms with Crippen molar-refractivity contribution in [3.05, 3.63) is 0 Å². The highest BCUT2D eigenvalue weighted by atomic mass is 19.4. The summed E-state index contributed by atoms with van der Waals surface area (Å²) < 4.78 is 87.6. The number of rotatable bonds is 2. The predicted octanol–water partition coefficient (Wildman–Crippen LogP) is 2.24. The number of methoxy groups -OCH3 is 1. The van der Waals surface area contributed by atoms with Crippen LogP contribution in [0.2, 0.25) is 0 Å². The highest BCUT2D eigenvalue weighted by Gasteiger charge is 2.77. The Hall–Kier alpha value is -1.02. The van der Waals surface area contributed by atoms with Crippen LogP contribution in [0, 0.1) is 5.41 Å². The topological polar surface area (TPSA) is 26.3 Å². The molecular weight excluding hydrogens is 237 g/mol. The van der Waals surface area contributed by atoms with E-state index < -0.39 is 30.4 Å². The fourth-order valence-electron chi connectivity index (χ4n) is 0.772. The summed E-state index contributed by atoms with van der Waals surface area (Å²) in [6.45, 7) is -2.95. The standard InChI is InChI=1S/C6H5F7O2/c1-15-3(14)4(2-7,5(8,9)10)6(11,12)13/h2H2,1H3. The summed E-state index contributed by atoms with van der Waals surface area (Å²) in [5.74, 6) is -2.72. The van der Waals surface area contributed by atoms with Gasteiger partial charge >= 0.3 is 18.3 Å². The molecular formula is C6H5F7O2. The zero-order chi connectivity index (χ0) is 12.5. The number of halogens is 7. The molecule has 0 aliphatic rings. The van der Waals surface area contributed by atoms with Crippen LogP contribution < -0.4 is 0 Å². The van der Waals surface area contributed by atoms with E-state index in [-0.39, 0.29) is 0 Å². The lowest BCUT2D eigenvalue weighted by Crippen LogP contribution is -2.57. The van der Waals surface area contributed by atoms with Crippen molar-refractivity contribution in [2.45, 2.75) is 12.4 Å². The highest BCUT2D eigenvalue weighted by molar-refractivity contribution is 5.79. The summed E-state index contributed by atoms with van der Waals surface area (Å²) >= 11 is 0. The van der Waals surface area contributed by atoms with Crippen LogP contribution in [0.25, 0.3) is 0 Å². The lowest BCUT2D eigenvalue weighted by atomic mass is 9.88. The molecule has 0 saturated heterocycles. The average Bonchev–Trinajstić information content (AvgIpc) is 2.00. The Labute approximate surface area is 79.0 Å². The molecule has 0 atom stereocenters. The molecule has 9 heteroatoms. The molecule has 90 valence electrons. The minimum atomic E-state index is -6.10. The van der Waals surface area contributed by atoms with Crippen LogP contribution in [-0.2, 0) is 9.53 Å². The van der Waals surface area contributed by atoms with Crippen LogP contribution in [0.15, 0.2) is 0 Å². The lowest BCUT2D eigenvalue weighted by molar-refractivity contribution is -0.334. The number of alkyl halides is 7. The summed E-state index contributed by atoms with van der Waals surface area (Å²) in [7, 11) is 0.310. The summed E-state index contributed by atoms with van der Waals surface area (Å²) in [6.07, 6.45) is -12.2. The van der Waals surface area contributed by atoms with Gasteiger partial charge in [-0.3, -0.25) is 4.79 Å². The fourth-order valence-corrected chi connectivity index (χ4v) is 0.772. The van der Waals surface area contributed by atoms with Gasteiger partial charge in [-0.15, -0.1) is 0 Å². The van der Waals surface area contributed by atoms with Gasteiger partial charge < -0.3 is 4.74 Å². The van der Waals surface area contributed by atoms with Gasteiger partial charge in [-0.2, -0.15) is 26.3 Å². The molecule has 0 unspecified atom stereocenters. The van der Waals surface area contributed by atoms with Crippen LogP contribution in [0.3, 0.4) is 0 Å². The van der Waals surface area contributed by atoms with Crippen LogP contribution in [0.5, 0.6) is 0 Å². The van der Waals surface area contributed by atoms with Gasteiger partial charge in [0.25, 0.3) is 5.41 Å². The number of esters is 1. The van der Waals surface area contributed by atoms with E-state index in [9.17, 15) is 35.5 Å². The Morgan fingerprint density at radius 2 is 1.40 bits per heavy atom. The Balaban J connectivity index is 5.64. The molecule has 0 aromatic carbocycles. The van der Waals surface area contributed by atoms with E-state index in [0.717, 1.165) is 0 Å². The summed E-state index contributed by atoms with van der Waals surface area (Å²) in [5, 5.41) is 0. The molecule has 0 heterocycles. The molecule has 0 N–H and O–H groups in total. The quantitative estimate of drug-likeness (QED) is 0.548. The van der Waals surface area contributed by atoms with E-state index in [1.54, 1.807) is 0 Å². The minimum Gasteiger partial charge on any atom is -0.468 e. The second-order valence-corrected chi connectivity index (χ2v) is 2.53. The Bertz CT molecular complexity index is 227. The van der Waals surface area contributed by atoms with E-state index in [0.29, 0.717) is 7.11 Å². The summed E-state index contributed by atoms with van der Waals surface area (Å²) in [6, 6.07) is 0. The molecule has 0 radical (unpaired) electrons. The van der Waals surface area contributed by atoms with Gasteiger partial charge in [0.2, 0.25) is 0 Å². The molecule has 0 rings (SSSR count). The van der Waals surface area contributed by atoms with Gasteiger partial charge in [0.15, 0.2) is 0 Å². The summed E-state index contributed by atoms with van der Waals surface area (Å²) in [5.41, 5.74) is -5.10. The third kappa shape index (κ3) is 2.00. The molecule has 0 aliphatic heterocycles. The zero-order valence-corrected chi connectivity index (χ0v) is 7.17. The van der Waals surface area contributed by atoms with Gasteiger partial charge in [-0.25, -0.2) is 4.39 Å². The van der Waals surface area contributed by atoms with Gasteiger partial charge in [-0.05, 0) is 0 Å². The first-order chi connectivity index (χ1) is 6.54. The third-order valence-corrected chi connectivity index (χ3v) is 1.70. The average molecular weight is 242 g/mol. The van der Waals surface area contributed by atoms with Crippen molar-refractivity contribution in [2.24, 2.45) is 5.41 Å². The fraction of sp³-hybridized carbons (Fsp3) is 0.833. The van der Waals surface area contributed by atoms with E-state index in [4.69, 9.17) is 0 Å². The maximum absolute atomic E-state index is 12.0. The van der Waals surface area contributed by atoms with Crippen molar-refractivity contribution >= 4 is 5.97 Å². The predicted molar refractivity (Wildman–Crippen MR) is 32.5 cm³/mol. The molecule has 0 spiro atoms. The molecule has 2 nitrogen and oxygen atoms in total. The lowest BCUT2D eigenvalue weighted by Gasteiger charge is -2.31. The van der Waals surface area contributed by atoms with Crippen molar-refractivity contribution in [1.82, 2.24) is 0 Å². The van der Waals surface area contributed by atoms with E-state index in [1.807, 2.05) is 0 Å². The third-order valence-electron chi connectivity index (χ3n) is 1.70. The Kier molecular flexibility index (Phi) is 3.59. The van der Waals surface area contributed by atoms with Crippen molar-refractivity contribution in [3.8, 4) is 0 Å². The van der Waals surface area contributed by atoms with Gasteiger partial charge in [-0.1, -0.05) is 0 Å². The molecule has 0 aliphatic carbocycles.